The Morgan fingerprint density at radius 2 is 2.20 bits per heavy atom. The third kappa shape index (κ3) is 3.87. The maximum Gasteiger partial charge on any atom is 0.224 e. The number of nitrogens with two attached hydrogens (primary N) is 1. The van der Waals surface area contributed by atoms with E-state index in [1.54, 1.807) is 0 Å². The predicted octanol–water partition coefficient (Wildman–Crippen LogP) is 2.38. The molecule has 4 N–H and O–H groups in total. The minimum atomic E-state index is 0.0659. The molecule has 0 bridgehead atoms. The van der Waals surface area contributed by atoms with E-state index in [0.717, 1.165) is 42.8 Å². The van der Waals surface area contributed by atoms with Crippen molar-refractivity contribution in [2.45, 2.75) is 32.6 Å². The van der Waals surface area contributed by atoms with Crippen molar-refractivity contribution in [3.63, 3.8) is 0 Å². The maximum absolute atomic E-state index is 11.4. The van der Waals surface area contributed by atoms with Gasteiger partial charge in [-0.05, 0) is 30.5 Å². The molecule has 5 nitrogen and oxygen atoms in total. The largest absolute Gasteiger partial charge is 0.397 e. The SMILES string of the molecule is CCCCOCCNc1cc2c(cc1N)CCC(=O)N2. The highest BCUT2D eigenvalue weighted by molar-refractivity contribution is 5.95. The van der Waals surface area contributed by atoms with E-state index >= 15 is 0 Å². The third-order valence-electron chi connectivity index (χ3n) is 3.37. The highest BCUT2D eigenvalue weighted by Crippen LogP contribution is 2.30. The Balaban J connectivity index is 1.88. The first kappa shape index (κ1) is 14.7. The summed E-state index contributed by atoms with van der Waals surface area (Å²) in [6, 6.07) is 3.85. The molecule has 0 saturated heterocycles. The molecule has 0 fully saturated rings. The Labute approximate surface area is 119 Å². The van der Waals surface area contributed by atoms with Crippen molar-refractivity contribution in [2.24, 2.45) is 0 Å². The van der Waals surface area contributed by atoms with Crippen LogP contribution in [0.5, 0.6) is 0 Å². The van der Waals surface area contributed by atoms with E-state index < -0.39 is 0 Å². The molecule has 0 atom stereocenters. The Kier molecular flexibility index (Phi) is 5.24. The molecule has 0 aromatic heterocycles. The molecule has 1 aromatic carbocycles. The molecule has 110 valence electrons. The fourth-order valence-electron chi connectivity index (χ4n) is 2.21. The summed E-state index contributed by atoms with van der Waals surface area (Å²) in [7, 11) is 0. The van der Waals surface area contributed by atoms with Gasteiger partial charge in [0.05, 0.1) is 18.0 Å². The number of carbonyl (C=O) groups is 1. The number of aryl methyl sites for hydroxylation is 1. The molecule has 0 aliphatic carbocycles. The fraction of sp³-hybridized carbons (Fsp3) is 0.533. The van der Waals surface area contributed by atoms with Gasteiger partial charge >= 0.3 is 0 Å². The van der Waals surface area contributed by atoms with E-state index in [1.807, 2.05) is 12.1 Å². The maximum atomic E-state index is 11.4. The standard InChI is InChI=1S/C15H23N3O2/c1-2-3-7-20-8-6-17-14-10-13-11(9-12(14)16)4-5-15(19)18-13/h9-10,17H,2-8,16H2,1H3,(H,18,19). The molecule has 0 unspecified atom stereocenters. The Bertz CT molecular complexity index is 474. The van der Waals surface area contributed by atoms with Gasteiger partial charge in [-0.2, -0.15) is 0 Å². The first-order chi connectivity index (χ1) is 9.70. The normalized spacial score (nSPS) is 13.8. The number of unbranched alkanes of at least 4 members (excludes halogenated alkanes) is 1. The van der Waals surface area contributed by atoms with Crippen LogP contribution in [-0.2, 0) is 16.0 Å². The molecular weight excluding hydrogens is 254 g/mol. The number of nitrogen functional groups attached to an aromatic ring is 1. The van der Waals surface area contributed by atoms with Crippen molar-refractivity contribution in [3.05, 3.63) is 17.7 Å². The lowest BCUT2D eigenvalue weighted by molar-refractivity contribution is -0.116. The zero-order valence-corrected chi connectivity index (χ0v) is 12.0. The van der Waals surface area contributed by atoms with Crippen LogP contribution in [0.25, 0.3) is 0 Å². The summed E-state index contributed by atoms with van der Waals surface area (Å²) in [6.07, 6.45) is 3.52. The van der Waals surface area contributed by atoms with Crippen molar-refractivity contribution in [1.29, 1.82) is 0 Å². The van der Waals surface area contributed by atoms with Gasteiger partial charge in [-0.1, -0.05) is 13.3 Å². The van der Waals surface area contributed by atoms with Crippen LogP contribution in [0.1, 0.15) is 31.7 Å². The predicted molar refractivity (Wildman–Crippen MR) is 82.0 cm³/mol. The van der Waals surface area contributed by atoms with Crippen molar-refractivity contribution < 1.29 is 9.53 Å². The number of nitrogens with one attached hydrogen (secondary N) is 2. The Morgan fingerprint density at radius 1 is 1.35 bits per heavy atom. The van der Waals surface area contributed by atoms with Gasteiger partial charge in [-0.25, -0.2) is 0 Å². The van der Waals surface area contributed by atoms with Crippen LogP contribution in [0.3, 0.4) is 0 Å². The van der Waals surface area contributed by atoms with Crippen LogP contribution in [-0.4, -0.2) is 25.7 Å². The monoisotopic (exact) mass is 277 g/mol. The molecule has 0 spiro atoms. The average Bonchev–Trinajstić information content (AvgIpc) is 2.43. The van der Waals surface area contributed by atoms with E-state index in [4.69, 9.17) is 10.5 Å². The summed E-state index contributed by atoms with van der Waals surface area (Å²) >= 11 is 0. The molecule has 1 aliphatic heterocycles. The lowest BCUT2D eigenvalue weighted by Gasteiger charge is -2.19. The molecule has 0 radical (unpaired) electrons. The number of hydrogen-bond acceptors (Lipinski definition) is 4. The van der Waals surface area contributed by atoms with E-state index in [2.05, 4.69) is 17.6 Å². The molecule has 1 heterocycles. The summed E-state index contributed by atoms with van der Waals surface area (Å²) in [5.41, 5.74) is 9.56. The number of amides is 1. The summed E-state index contributed by atoms with van der Waals surface area (Å²) in [4.78, 5) is 11.4. The summed E-state index contributed by atoms with van der Waals surface area (Å²) in [6.45, 7) is 4.31. The van der Waals surface area contributed by atoms with Gasteiger partial charge in [0, 0.05) is 25.3 Å². The Morgan fingerprint density at radius 3 is 3.00 bits per heavy atom. The second-order valence-electron chi connectivity index (χ2n) is 5.04. The van der Waals surface area contributed by atoms with Crippen LogP contribution >= 0.6 is 0 Å². The molecule has 1 aliphatic rings. The number of anilines is 3. The summed E-state index contributed by atoms with van der Waals surface area (Å²) in [5.74, 6) is 0.0659. The molecule has 2 rings (SSSR count). The van der Waals surface area contributed by atoms with Crippen molar-refractivity contribution in [2.75, 3.05) is 36.1 Å². The minimum absolute atomic E-state index is 0.0659. The first-order valence-electron chi connectivity index (χ1n) is 7.24. The molecule has 20 heavy (non-hydrogen) atoms. The van der Waals surface area contributed by atoms with Crippen LogP contribution in [0.2, 0.25) is 0 Å². The zero-order chi connectivity index (χ0) is 14.4. The number of benzene rings is 1. The number of rotatable bonds is 7. The minimum Gasteiger partial charge on any atom is -0.397 e. The third-order valence-corrected chi connectivity index (χ3v) is 3.37. The molecule has 5 heteroatoms. The van der Waals surface area contributed by atoms with E-state index in [0.29, 0.717) is 25.3 Å². The average molecular weight is 277 g/mol. The van der Waals surface area contributed by atoms with Gasteiger partial charge in [0.1, 0.15) is 0 Å². The first-order valence-corrected chi connectivity index (χ1v) is 7.24. The number of hydrogen-bond donors (Lipinski definition) is 3. The molecular formula is C15H23N3O2. The molecule has 1 aromatic rings. The van der Waals surface area contributed by atoms with E-state index in [1.165, 1.54) is 0 Å². The van der Waals surface area contributed by atoms with Crippen LogP contribution in [0, 0.1) is 0 Å². The molecule has 1 amide bonds. The summed E-state index contributed by atoms with van der Waals surface area (Å²) < 4.78 is 5.49. The van der Waals surface area contributed by atoms with Gasteiger partial charge in [0.15, 0.2) is 0 Å². The quantitative estimate of drug-likeness (QED) is 0.528. The number of ether oxygens (including phenoxy) is 1. The van der Waals surface area contributed by atoms with Gasteiger partial charge in [-0.3, -0.25) is 4.79 Å². The second-order valence-corrected chi connectivity index (χ2v) is 5.04. The van der Waals surface area contributed by atoms with Gasteiger partial charge in [0.25, 0.3) is 0 Å². The van der Waals surface area contributed by atoms with Crippen LogP contribution in [0.4, 0.5) is 17.1 Å². The smallest absolute Gasteiger partial charge is 0.224 e. The van der Waals surface area contributed by atoms with Crippen LogP contribution in [0.15, 0.2) is 12.1 Å². The topological polar surface area (TPSA) is 76.4 Å². The second kappa shape index (κ2) is 7.14. The number of fused-ring (bicyclic) bond motifs is 1. The lowest BCUT2D eigenvalue weighted by Crippen LogP contribution is -2.20. The van der Waals surface area contributed by atoms with Crippen molar-refractivity contribution >= 4 is 23.0 Å². The fourth-order valence-corrected chi connectivity index (χ4v) is 2.21. The molecule has 0 saturated carbocycles. The van der Waals surface area contributed by atoms with Crippen molar-refractivity contribution in [3.8, 4) is 0 Å². The van der Waals surface area contributed by atoms with Gasteiger partial charge in [-0.15, -0.1) is 0 Å². The van der Waals surface area contributed by atoms with Crippen molar-refractivity contribution in [1.82, 2.24) is 0 Å². The highest BCUT2D eigenvalue weighted by Gasteiger charge is 2.16. The Hall–Kier alpha value is -1.75. The van der Waals surface area contributed by atoms with E-state index in [9.17, 15) is 4.79 Å². The van der Waals surface area contributed by atoms with E-state index in [-0.39, 0.29) is 5.91 Å². The lowest BCUT2D eigenvalue weighted by atomic mass is 10.0. The zero-order valence-electron chi connectivity index (χ0n) is 12.0. The van der Waals surface area contributed by atoms with Gasteiger partial charge < -0.3 is 21.1 Å². The van der Waals surface area contributed by atoms with Crippen LogP contribution < -0.4 is 16.4 Å². The number of carbonyl (C=O) groups excluding carboxylic acids is 1. The highest BCUT2D eigenvalue weighted by atomic mass is 16.5. The summed E-state index contributed by atoms with van der Waals surface area (Å²) in [5, 5.41) is 6.13. The van der Waals surface area contributed by atoms with Gasteiger partial charge in [0.2, 0.25) is 5.91 Å².